The van der Waals surface area contributed by atoms with Crippen LogP contribution in [0.25, 0.3) is 0 Å². The van der Waals surface area contributed by atoms with E-state index >= 15 is 0 Å². The summed E-state index contributed by atoms with van der Waals surface area (Å²) in [5.74, 6) is -0.193. The van der Waals surface area contributed by atoms with Gasteiger partial charge in [-0.1, -0.05) is 23.2 Å². The molecule has 0 bridgehead atoms. The van der Waals surface area contributed by atoms with Crippen molar-refractivity contribution in [3.05, 3.63) is 28.3 Å². The van der Waals surface area contributed by atoms with Gasteiger partial charge in [-0.3, -0.25) is 10.1 Å². The maximum Gasteiger partial charge on any atom is 0.261 e. The molecule has 2 aromatic heterocycles. The predicted octanol–water partition coefficient (Wildman–Crippen LogP) is 1.16. The van der Waals surface area contributed by atoms with Crippen molar-refractivity contribution in [2.24, 2.45) is 7.05 Å². The van der Waals surface area contributed by atoms with E-state index in [1.165, 1.54) is 17.1 Å². The van der Waals surface area contributed by atoms with Gasteiger partial charge in [0, 0.05) is 7.05 Å². The van der Waals surface area contributed by atoms with E-state index in [4.69, 9.17) is 23.2 Å². The standard InChI is InChI=1S/C8H6Cl2N6O/c1-16-8(11-3-12-16)13-7(17)4-2-5(9)14-15-6(4)10/h2-3H,1H3,(H,11,12,13,17). The maximum atomic E-state index is 11.8. The topological polar surface area (TPSA) is 85.6 Å². The van der Waals surface area contributed by atoms with Crippen LogP contribution in [-0.2, 0) is 7.05 Å². The van der Waals surface area contributed by atoms with Crippen molar-refractivity contribution in [2.45, 2.75) is 0 Å². The monoisotopic (exact) mass is 272 g/mol. The number of nitrogens with one attached hydrogen (secondary N) is 1. The lowest BCUT2D eigenvalue weighted by Crippen LogP contribution is -2.16. The van der Waals surface area contributed by atoms with Crippen LogP contribution in [0, 0.1) is 0 Å². The molecular formula is C8H6Cl2N6O. The molecule has 1 amide bonds. The second kappa shape index (κ2) is 4.64. The largest absolute Gasteiger partial charge is 0.291 e. The van der Waals surface area contributed by atoms with E-state index in [2.05, 4.69) is 25.6 Å². The average molecular weight is 273 g/mol. The minimum atomic E-state index is -0.483. The molecule has 0 aromatic carbocycles. The molecule has 7 nitrogen and oxygen atoms in total. The van der Waals surface area contributed by atoms with Gasteiger partial charge in [0.05, 0.1) is 5.56 Å². The van der Waals surface area contributed by atoms with Crippen LogP contribution in [0.5, 0.6) is 0 Å². The Morgan fingerprint density at radius 1 is 1.41 bits per heavy atom. The van der Waals surface area contributed by atoms with E-state index in [0.717, 1.165) is 0 Å². The molecule has 2 aromatic rings. The zero-order valence-electron chi connectivity index (χ0n) is 8.55. The third-order valence-corrected chi connectivity index (χ3v) is 2.36. The number of nitrogens with zero attached hydrogens (tertiary/aromatic N) is 5. The summed E-state index contributed by atoms with van der Waals surface area (Å²) in [5.41, 5.74) is 0.120. The predicted molar refractivity (Wildman–Crippen MR) is 61.0 cm³/mol. The summed E-state index contributed by atoms with van der Waals surface area (Å²) in [6.45, 7) is 0. The minimum absolute atomic E-state index is 0.0333. The molecule has 0 spiro atoms. The lowest BCUT2D eigenvalue weighted by Gasteiger charge is -2.04. The lowest BCUT2D eigenvalue weighted by atomic mass is 10.3. The first kappa shape index (κ1) is 11.7. The molecule has 9 heteroatoms. The molecular weight excluding hydrogens is 267 g/mol. The van der Waals surface area contributed by atoms with Crippen molar-refractivity contribution >= 4 is 35.1 Å². The number of carbonyl (C=O) groups excluding carboxylic acids is 1. The molecule has 2 rings (SSSR count). The summed E-state index contributed by atoms with van der Waals surface area (Å²) < 4.78 is 1.40. The van der Waals surface area contributed by atoms with Crippen LogP contribution in [0.3, 0.4) is 0 Å². The van der Waals surface area contributed by atoms with Crippen molar-refractivity contribution in [1.29, 1.82) is 0 Å². The van der Waals surface area contributed by atoms with Gasteiger partial charge in [-0.05, 0) is 6.07 Å². The number of halogens is 2. The highest BCUT2D eigenvalue weighted by Crippen LogP contribution is 2.16. The van der Waals surface area contributed by atoms with Crippen LogP contribution >= 0.6 is 23.2 Å². The molecule has 0 radical (unpaired) electrons. The summed E-state index contributed by atoms with van der Waals surface area (Å²) in [6.07, 6.45) is 1.31. The van der Waals surface area contributed by atoms with Crippen molar-refractivity contribution in [3.8, 4) is 0 Å². The van der Waals surface area contributed by atoms with E-state index in [1.54, 1.807) is 7.05 Å². The molecule has 0 atom stereocenters. The van der Waals surface area contributed by atoms with Crippen molar-refractivity contribution < 1.29 is 4.79 Å². The molecule has 0 unspecified atom stereocenters. The molecule has 0 aliphatic heterocycles. The summed E-state index contributed by atoms with van der Waals surface area (Å²) in [6, 6.07) is 1.32. The highest BCUT2D eigenvalue weighted by molar-refractivity contribution is 6.34. The number of aromatic nitrogens is 5. The van der Waals surface area contributed by atoms with Gasteiger partial charge in [0.25, 0.3) is 5.91 Å². The highest BCUT2D eigenvalue weighted by Gasteiger charge is 2.15. The Hall–Kier alpha value is -1.73. The fourth-order valence-corrected chi connectivity index (χ4v) is 1.42. The molecule has 0 aliphatic rings. The lowest BCUT2D eigenvalue weighted by molar-refractivity contribution is 0.102. The number of hydrogen-bond acceptors (Lipinski definition) is 5. The second-order valence-corrected chi connectivity index (χ2v) is 3.78. The van der Waals surface area contributed by atoms with Gasteiger partial charge >= 0.3 is 0 Å². The van der Waals surface area contributed by atoms with Gasteiger partial charge in [-0.2, -0.15) is 10.1 Å². The first-order chi connectivity index (χ1) is 8.08. The Labute approximate surface area is 106 Å². The fraction of sp³-hybridized carbons (Fsp3) is 0.125. The van der Waals surface area contributed by atoms with Crippen molar-refractivity contribution in [2.75, 3.05) is 5.32 Å². The van der Waals surface area contributed by atoms with E-state index < -0.39 is 5.91 Å². The maximum absolute atomic E-state index is 11.8. The molecule has 88 valence electrons. The first-order valence-corrected chi connectivity index (χ1v) is 5.17. The van der Waals surface area contributed by atoms with Crippen LogP contribution in [0.4, 0.5) is 5.95 Å². The number of hydrogen-bond donors (Lipinski definition) is 1. The number of aryl methyl sites for hydroxylation is 1. The summed E-state index contributed by atoms with van der Waals surface area (Å²) in [4.78, 5) is 15.7. The Morgan fingerprint density at radius 2 is 2.18 bits per heavy atom. The van der Waals surface area contributed by atoms with E-state index in [1.807, 2.05) is 0 Å². The minimum Gasteiger partial charge on any atom is -0.291 e. The van der Waals surface area contributed by atoms with Crippen LogP contribution in [-0.4, -0.2) is 30.9 Å². The van der Waals surface area contributed by atoms with E-state index in [-0.39, 0.29) is 15.9 Å². The molecule has 0 saturated carbocycles. The Kier molecular flexibility index (Phi) is 3.21. The molecule has 1 N–H and O–H groups in total. The summed E-state index contributed by atoms with van der Waals surface area (Å²) >= 11 is 11.4. The zero-order chi connectivity index (χ0) is 12.4. The van der Waals surface area contributed by atoms with Gasteiger partial charge in [-0.15, -0.1) is 10.2 Å². The first-order valence-electron chi connectivity index (χ1n) is 4.42. The number of rotatable bonds is 2. The number of amides is 1. The second-order valence-electron chi connectivity index (χ2n) is 3.03. The van der Waals surface area contributed by atoms with Crippen LogP contribution in [0.2, 0.25) is 10.3 Å². The third kappa shape index (κ3) is 2.51. The zero-order valence-corrected chi connectivity index (χ0v) is 10.1. The van der Waals surface area contributed by atoms with Crippen LogP contribution in [0.15, 0.2) is 12.4 Å². The molecule has 17 heavy (non-hydrogen) atoms. The SMILES string of the molecule is Cn1ncnc1NC(=O)c1cc(Cl)nnc1Cl. The highest BCUT2D eigenvalue weighted by atomic mass is 35.5. The van der Waals surface area contributed by atoms with E-state index in [0.29, 0.717) is 5.95 Å². The van der Waals surface area contributed by atoms with Gasteiger partial charge in [0.2, 0.25) is 5.95 Å². The Balaban J connectivity index is 2.26. The quantitative estimate of drug-likeness (QED) is 0.887. The summed E-state index contributed by atoms with van der Waals surface area (Å²) in [7, 11) is 1.64. The average Bonchev–Trinajstić information content (AvgIpc) is 2.68. The molecule has 0 aliphatic carbocycles. The molecule has 0 fully saturated rings. The van der Waals surface area contributed by atoms with Crippen molar-refractivity contribution in [3.63, 3.8) is 0 Å². The van der Waals surface area contributed by atoms with Gasteiger partial charge in [0.1, 0.15) is 6.33 Å². The molecule has 0 saturated heterocycles. The van der Waals surface area contributed by atoms with E-state index in [9.17, 15) is 4.79 Å². The third-order valence-electron chi connectivity index (χ3n) is 1.90. The van der Waals surface area contributed by atoms with Gasteiger partial charge in [-0.25, -0.2) is 4.68 Å². The smallest absolute Gasteiger partial charge is 0.261 e. The van der Waals surface area contributed by atoms with Crippen LogP contribution < -0.4 is 5.32 Å². The normalized spacial score (nSPS) is 10.3. The van der Waals surface area contributed by atoms with Crippen LogP contribution in [0.1, 0.15) is 10.4 Å². The van der Waals surface area contributed by atoms with Gasteiger partial charge in [0.15, 0.2) is 10.3 Å². The van der Waals surface area contributed by atoms with Crippen molar-refractivity contribution in [1.82, 2.24) is 25.0 Å². The van der Waals surface area contributed by atoms with Gasteiger partial charge < -0.3 is 0 Å². The number of anilines is 1. The molecule has 2 heterocycles. The Morgan fingerprint density at radius 3 is 2.82 bits per heavy atom. The summed E-state index contributed by atoms with van der Waals surface area (Å²) in [5, 5.41) is 13.4. The number of carbonyl (C=O) groups is 1. The fourth-order valence-electron chi connectivity index (χ4n) is 1.09. The Bertz CT molecular complexity index is 569.